The molecule has 1 heterocycles. The number of hydrogen-bond acceptors (Lipinski definition) is 4. The van der Waals surface area contributed by atoms with Crippen molar-refractivity contribution in [1.82, 2.24) is 4.90 Å². The molecule has 0 aliphatic heterocycles. The normalized spacial score (nSPS) is 9.84. The Morgan fingerprint density at radius 2 is 2.37 bits per heavy atom. The Morgan fingerprint density at radius 3 is 3.05 bits per heavy atom. The summed E-state index contributed by atoms with van der Waals surface area (Å²) in [6.07, 6.45) is 0.426. The molecule has 1 amide bonds. The van der Waals surface area contributed by atoms with Gasteiger partial charge < -0.3 is 15.4 Å². The summed E-state index contributed by atoms with van der Waals surface area (Å²) >= 11 is 1.61. The SMILES string of the molecule is CCOCCC(=O)N(C)Cc1cc(C#CCN)cs1. The maximum Gasteiger partial charge on any atom is 0.224 e. The molecule has 0 fully saturated rings. The molecule has 104 valence electrons. The van der Waals surface area contributed by atoms with E-state index in [1.54, 1.807) is 23.3 Å². The van der Waals surface area contributed by atoms with E-state index in [9.17, 15) is 4.79 Å². The summed E-state index contributed by atoms with van der Waals surface area (Å²) in [5, 5.41) is 1.98. The van der Waals surface area contributed by atoms with Crippen LogP contribution >= 0.6 is 11.3 Å². The van der Waals surface area contributed by atoms with Gasteiger partial charge in [-0.15, -0.1) is 11.3 Å². The van der Waals surface area contributed by atoms with E-state index in [0.717, 1.165) is 10.4 Å². The minimum atomic E-state index is 0.0939. The van der Waals surface area contributed by atoms with E-state index in [-0.39, 0.29) is 5.91 Å². The summed E-state index contributed by atoms with van der Waals surface area (Å²) < 4.78 is 5.18. The van der Waals surface area contributed by atoms with Crippen molar-refractivity contribution < 1.29 is 9.53 Å². The highest BCUT2D eigenvalue weighted by Crippen LogP contribution is 2.16. The first kappa shape index (κ1) is 15.7. The number of thiophene rings is 1. The molecular weight excluding hydrogens is 260 g/mol. The molecule has 4 nitrogen and oxygen atoms in total. The van der Waals surface area contributed by atoms with Crippen molar-refractivity contribution in [3.05, 3.63) is 21.9 Å². The molecule has 0 saturated heterocycles. The van der Waals surface area contributed by atoms with Crippen molar-refractivity contribution in [2.24, 2.45) is 5.73 Å². The third-order valence-electron chi connectivity index (χ3n) is 2.47. The van der Waals surface area contributed by atoms with Crippen LogP contribution in [0.1, 0.15) is 23.8 Å². The third kappa shape index (κ3) is 5.88. The average molecular weight is 280 g/mol. The van der Waals surface area contributed by atoms with Crippen molar-refractivity contribution >= 4 is 17.2 Å². The maximum absolute atomic E-state index is 11.8. The average Bonchev–Trinajstić information content (AvgIpc) is 2.84. The summed E-state index contributed by atoms with van der Waals surface area (Å²) in [5.41, 5.74) is 6.29. The largest absolute Gasteiger partial charge is 0.381 e. The van der Waals surface area contributed by atoms with Crippen molar-refractivity contribution in [3.63, 3.8) is 0 Å². The van der Waals surface area contributed by atoms with Gasteiger partial charge in [0.2, 0.25) is 5.91 Å². The number of carbonyl (C=O) groups is 1. The van der Waals surface area contributed by atoms with Gasteiger partial charge in [-0.2, -0.15) is 0 Å². The lowest BCUT2D eigenvalue weighted by Crippen LogP contribution is -2.26. The summed E-state index contributed by atoms with van der Waals surface area (Å²) in [6.45, 7) is 4.02. The zero-order chi connectivity index (χ0) is 14.1. The first-order valence-corrected chi connectivity index (χ1v) is 7.13. The molecule has 0 saturated carbocycles. The molecule has 0 radical (unpaired) electrons. The number of hydrogen-bond donors (Lipinski definition) is 1. The second-order valence-electron chi connectivity index (χ2n) is 4.00. The number of rotatable bonds is 6. The van der Waals surface area contributed by atoms with E-state index in [2.05, 4.69) is 11.8 Å². The molecule has 2 N–H and O–H groups in total. The van der Waals surface area contributed by atoms with E-state index < -0.39 is 0 Å². The second-order valence-corrected chi connectivity index (χ2v) is 5.00. The predicted octanol–water partition coefficient (Wildman–Crippen LogP) is 1.44. The smallest absolute Gasteiger partial charge is 0.224 e. The number of ether oxygens (including phenoxy) is 1. The molecular formula is C14H20N2O2S. The first-order valence-electron chi connectivity index (χ1n) is 6.25. The van der Waals surface area contributed by atoms with Crippen molar-refractivity contribution in [3.8, 4) is 11.8 Å². The number of nitrogens with zero attached hydrogens (tertiary/aromatic N) is 1. The Labute approximate surface area is 118 Å². The van der Waals surface area contributed by atoms with Crippen LogP contribution < -0.4 is 5.73 Å². The summed E-state index contributed by atoms with van der Waals surface area (Å²) in [6, 6.07) is 2.00. The Kier molecular flexibility index (Phi) is 7.19. The van der Waals surface area contributed by atoms with E-state index >= 15 is 0 Å². The van der Waals surface area contributed by atoms with Crippen LogP contribution in [0.2, 0.25) is 0 Å². The van der Waals surface area contributed by atoms with Gasteiger partial charge in [0.05, 0.1) is 26.1 Å². The van der Waals surface area contributed by atoms with Crippen LogP contribution in [0.4, 0.5) is 0 Å². The van der Waals surface area contributed by atoms with Gasteiger partial charge >= 0.3 is 0 Å². The Morgan fingerprint density at radius 1 is 1.58 bits per heavy atom. The molecule has 0 atom stereocenters. The highest BCUT2D eigenvalue weighted by Gasteiger charge is 2.10. The molecule has 19 heavy (non-hydrogen) atoms. The van der Waals surface area contributed by atoms with Gasteiger partial charge in [0, 0.05) is 29.5 Å². The number of amides is 1. The van der Waals surface area contributed by atoms with E-state index in [4.69, 9.17) is 10.5 Å². The van der Waals surface area contributed by atoms with Crippen LogP contribution in [0, 0.1) is 11.8 Å². The lowest BCUT2D eigenvalue weighted by atomic mass is 10.3. The van der Waals surface area contributed by atoms with Gasteiger partial charge in [-0.05, 0) is 13.0 Å². The summed E-state index contributed by atoms with van der Waals surface area (Å²) in [4.78, 5) is 14.6. The molecule has 5 heteroatoms. The molecule has 0 aliphatic rings. The van der Waals surface area contributed by atoms with Gasteiger partial charge in [0.1, 0.15) is 0 Å². The highest BCUT2D eigenvalue weighted by molar-refractivity contribution is 7.10. The van der Waals surface area contributed by atoms with E-state index in [1.165, 1.54) is 0 Å². The Bertz CT molecular complexity index is 460. The van der Waals surface area contributed by atoms with Crippen LogP contribution in [-0.4, -0.2) is 37.6 Å². The van der Waals surface area contributed by atoms with Gasteiger partial charge in [-0.1, -0.05) is 11.8 Å². The molecule has 0 aliphatic carbocycles. The summed E-state index contributed by atoms with van der Waals surface area (Å²) in [7, 11) is 1.80. The van der Waals surface area contributed by atoms with Crippen LogP contribution in [0.15, 0.2) is 11.4 Å². The number of nitrogens with two attached hydrogens (primary N) is 1. The minimum Gasteiger partial charge on any atom is -0.381 e. The van der Waals surface area contributed by atoms with Crippen LogP contribution in [-0.2, 0) is 16.1 Å². The van der Waals surface area contributed by atoms with Gasteiger partial charge in [0.15, 0.2) is 0 Å². The first-order chi connectivity index (χ1) is 9.17. The molecule has 0 spiro atoms. The van der Waals surface area contributed by atoms with Crippen LogP contribution in [0.5, 0.6) is 0 Å². The quantitative estimate of drug-likeness (QED) is 0.634. The molecule has 0 unspecified atom stereocenters. The maximum atomic E-state index is 11.8. The molecule has 0 bridgehead atoms. The fourth-order valence-corrected chi connectivity index (χ4v) is 2.37. The van der Waals surface area contributed by atoms with Crippen molar-refractivity contribution in [2.75, 3.05) is 26.8 Å². The van der Waals surface area contributed by atoms with Gasteiger partial charge in [-0.25, -0.2) is 0 Å². The zero-order valence-corrected chi connectivity index (χ0v) is 12.3. The van der Waals surface area contributed by atoms with Crippen LogP contribution in [0.25, 0.3) is 0 Å². The fraction of sp³-hybridized carbons (Fsp3) is 0.500. The van der Waals surface area contributed by atoms with E-state index in [0.29, 0.717) is 32.7 Å². The Balaban J connectivity index is 2.45. The van der Waals surface area contributed by atoms with Crippen molar-refractivity contribution in [2.45, 2.75) is 19.9 Å². The lowest BCUT2D eigenvalue weighted by Gasteiger charge is -2.15. The standard InChI is InChI=1S/C14H20N2O2S/c1-3-18-8-6-14(17)16(2)10-13-9-12(11-19-13)5-4-7-15/h9,11H,3,6-8,10,15H2,1-2H3. The van der Waals surface area contributed by atoms with E-state index in [1.807, 2.05) is 18.4 Å². The predicted molar refractivity (Wildman–Crippen MR) is 77.8 cm³/mol. The molecule has 1 rings (SSSR count). The fourth-order valence-electron chi connectivity index (χ4n) is 1.50. The highest BCUT2D eigenvalue weighted by atomic mass is 32.1. The monoisotopic (exact) mass is 280 g/mol. The lowest BCUT2D eigenvalue weighted by molar-refractivity contribution is -0.131. The number of carbonyl (C=O) groups excluding carboxylic acids is 1. The Hall–Kier alpha value is -1.35. The third-order valence-corrected chi connectivity index (χ3v) is 3.39. The molecule has 1 aromatic heterocycles. The minimum absolute atomic E-state index is 0.0939. The van der Waals surface area contributed by atoms with Crippen molar-refractivity contribution in [1.29, 1.82) is 0 Å². The van der Waals surface area contributed by atoms with Crippen LogP contribution in [0.3, 0.4) is 0 Å². The zero-order valence-electron chi connectivity index (χ0n) is 11.4. The van der Waals surface area contributed by atoms with Gasteiger partial charge in [0.25, 0.3) is 0 Å². The topological polar surface area (TPSA) is 55.6 Å². The molecule has 1 aromatic rings. The van der Waals surface area contributed by atoms with Gasteiger partial charge in [-0.3, -0.25) is 4.79 Å². The second kappa shape index (κ2) is 8.70. The molecule has 0 aromatic carbocycles. The summed E-state index contributed by atoms with van der Waals surface area (Å²) in [5.74, 6) is 5.89.